The summed E-state index contributed by atoms with van der Waals surface area (Å²) in [6.45, 7) is 0.423. The molecule has 0 aliphatic heterocycles. The number of carbonyl (C=O) groups is 3. The molecule has 0 unspecified atom stereocenters. The Balaban J connectivity index is 1.00. The number of hydrogen-bond donors (Lipinski definition) is 2. The van der Waals surface area contributed by atoms with Gasteiger partial charge in [0.15, 0.2) is 0 Å². The maximum absolute atomic E-state index is 13.9. The van der Waals surface area contributed by atoms with Crippen LogP contribution in [0.1, 0.15) is 56.1 Å². The van der Waals surface area contributed by atoms with Crippen molar-refractivity contribution in [3.63, 3.8) is 0 Å². The number of nitrogens with zero attached hydrogens (tertiary/aromatic N) is 1. The van der Waals surface area contributed by atoms with E-state index in [1.54, 1.807) is 0 Å². The zero-order chi connectivity index (χ0) is 35.8. The lowest BCUT2D eigenvalue weighted by molar-refractivity contribution is -0.158. The van der Waals surface area contributed by atoms with Crippen molar-refractivity contribution in [1.82, 2.24) is 4.90 Å². The van der Waals surface area contributed by atoms with Crippen LogP contribution in [0.15, 0.2) is 109 Å². The number of amides is 2. The minimum Gasteiger partial charge on any atom is -0.480 e. The molecule has 0 bridgehead atoms. The van der Waals surface area contributed by atoms with Gasteiger partial charge in [0.1, 0.15) is 6.04 Å². The number of benzene rings is 8. The molecule has 0 heterocycles. The van der Waals surface area contributed by atoms with Gasteiger partial charge in [-0.3, -0.25) is 14.5 Å². The Bertz CT molecular complexity index is 2390. The molecule has 6 heteroatoms. The fourth-order valence-electron chi connectivity index (χ4n) is 8.46. The number of carbonyl (C=O) groups excluding carboxylic acids is 2. The van der Waals surface area contributed by atoms with Crippen LogP contribution in [0, 0.1) is 0 Å². The lowest BCUT2D eigenvalue weighted by Crippen LogP contribution is -2.48. The van der Waals surface area contributed by atoms with Crippen LogP contribution in [-0.4, -0.2) is 40.4 Å². The van der Waals surface area contributed by atoms with Crippen LogP contribution in [0.5, 0.6) is 0 Å². The van der Waals surface area contributed by atoms with E-state index in [1.165, 1.54) is 64.6 Å². The summed E-state index contributed by atoms with van der Waals surface area (Å²) in [6, 6.07) is 37.3. The van der Waals surface area contributed by atoms with E-state index < -0.39 is 23.8 Å². The van der Waals surface area contributed by atoms with Crippen molar-refractivity contribution in [2.45, 2.75) is 63.8 Å². The molecule has 52 heavy (non-hydrogen) atoms. The van der Waals surface area contributed by atoms with Gasteiger partial charge in [-0.15, -0.1) is 0 Å². The summed E-state index contributed by atoms with van der Waals surface area (Å²) in [5.74, 6) is -2.01. The Morgan fingerprint density at radius 1 is 0.519 bits per heavy atom. The van der Waals surface area contributed by atoms with Crippen LogP contribution in [0.2, 0.25) is 0 Å². The quantitative estimate of drug-likeness (QED) is 0.0876. The van der Waals surface area contributed by atoms with Crippen molar-refractivity contribution in [3.05, 3.63) is 120 Å². The smallest absolute Gasteiger partial charge is 0.326 e. The fraction of sp³-hybridized carbons (Fsp3) is 0.239. The van der Waals surface area contributed by atoms with Crippen LogP contribution >= 0.6 is 0 Å². The van der Waals surface area contributed by atoms with E-state index in [0.717, 1.165) is 16.0 Å². The Morgan fingerprint density at radius 3 is 1.35 bits per heavy atom. The molecule has 0 radical (unpaired) electrons. The van der Waals surface area contributed by atoms with Gasteiger partial charge in [-0.1, -0.05) is 109 Å². The predicted molar refractivity (Wildman–Crippen MR) is 212 cm³/mol. The Kier molecular flexibility index (Phi) is 9.16. The standard InChI is InChI=1S/C46H42N2O4/c47-28-2-1-13-39(46(51)52)48(40(49)14-5-7-29-16-18-35-22-20-31-9-3-11-33-24-26-37(29)44(35)42(31)33)41(50)15-6-8-30-17-19-36-23-21-32-10-4-12-34-25-27-38(30)45(36)43(32)34/h3-4,9-12,16-27,39H,1-2,5-8,13-15,28,47H2,(H,51,52)/t39-/m0/s1. The second-order valence-corrected chi connectivity index (χ2v) is 14.2. The van der Waals surface area contributed by atoms with Crippen molar-refractivity contribution in [1.29, 1.82) is 0 Å². The summed E-state index contributed by atoms with van der Waals surface area (Å²) < 4.78 is 0. The van der Waals surface area contributed by atoms with Crippen LogP contribution in [0.4, 0.5) is 0 Å². The number of imide groups is 1. The van der Waals surface area contributed by atoms with Crippen molar-refractivity contribution < 1.29 is 19.5 Å². The molecule has 3 N–H and O–H groups in total. The number of unbranched alkanes of at least 4 members (excludes halogenated alkanes) is 1. The second-order valence-electron chi connectivity index (χ2n) is 14.2. The topological polar surface area (TPSA) is 101 Å². The molecule has 1 atom stereocenters. The Morgan fingerprint density at radius 2 is 0.923 bits per heavy atom. The number of rotatable bonds is 14. The summed E-state index contributed by atoms with van der Waals surface area (Å²) in [5, 5.41) is 24.7. The number of nitrogens with two attached hydrogens (primary N) is 1. The van der Waals surface area contributed by atoms with E-state index in [-0.39, 0.29) is 19.3 Å². The third kappa shape index (κ3) is 6.07. The number of carboxylic acids is 1. The molecule has 8 aromatic rings. The average molecular weight is 687 g/mol. The first-order valence-electron chi connectivity index (χ1n) is 18.5. The van der Waals surface area contributed by atoms with E-state index in [2.05, 4.69) is 109 Å². The highest BCUT2D eigenvalue weighted by Gasteiger charge is 2.33. The molecule has 6 nitrogen and oxygen atoms in total. The van der Waals surface area contributed by atoms with Gasteiger partial charge in [-0.05, 0) is 127 Å². The maximum Gasteiger partial charge on any atom is 0.326 e. The Labute approximate surface area is 302 Å². The molecule has 260 valence electrons. The first-order chi connectivity index (χ1) is 25.4. The van der Waals surface area contributed by atoms with Gasteiger partial charge in [-0.25, -0.2) is 4.79 Å². The van der Waals surface area contributed by atoms with Crippen LogP contribution in [0.3, 0.4) is 0 Å². The summed E-state index contributed by atoms with van der Waals surface area (Å²) in [6.07, 6.45) is 3.80. The van der Waals surface area contributed by atoms with Gasteiger partial charge < -0.3 is 10.8 Å². The second kappa shape index (κ2) is 14.2. The minimum atomic E-state index is -1.21. The molecule has 0 fully saturated rings. The van der Waals surface area contributed by atoms with E-state index in [1.807, 2.05) is 0 Å². The normalized spacial score (nSPS) is 12.6. The van der Waals surface area contributed by atoms with E-state index in [9.17, 15) is 19.5 Å². The van der Waals surface area contributed by atoms with E-state index in [4.69, 9.17) is 5.73 Å². The zero-order valence-corrected chi connectivity index (χ0v) is 29.2. The molecule has 0 saturated heterocycles. The molecule has 0 spiro atoms. The van der Waals surface area contributed by atoms with Crippen LogP contribution in [-0.2, 0) is 27.2 Å². The van der Waals surface area contributed by atoms with Crippen molar-refractivity contribution >= 4 is 82.4 Å². The largest absolute Gasteiger partial charge is 0.480 e. The molecule has 0 aliphatic carbocycles. The van der Waals surface area contributed by atoms with Crippen molar-refractivity contribution in [3.8, 4) is 0 Å². The summed E-state index contributed by atoms with van der Waals surface area (Å²) >= 11 is 0. The summed E-state index contributed by atoms with van der Waals surface area (Å²) in [4.78, 5) is 41.5. The van der Waals surface area contributed by atoms with Crippen LogP contribution in [0.25, 0.3) is 64.6 Å². The molecule has 8 aromatic carbocycles. The van der Waals surface area contributed by atoms with Gasteiger partial charge in [0.05, 0.1) is 0 Å². The highest BCUT2D eigenvalue weighted by Crippen LogP contribution is 2.38. The average Bonchev–Trinajstić information content (AvgIpc) is 3.16. The van der Waals surface area contributed by atoms with Gasteiger partial charge >= 0.3 is 5.97 Å². The van der Waals surface area contributed by atoms with E-state index in [0.29, 0.717) is 45.1 Å². The van der Waals surface area contributed by atoms with Crippen molar-refractivity contribution in [2.75, 3.05) is 6.54 Å². The van der Waals surface area contributed by atoms with Gasteiger partial charge in [-0.2, -0.15) is 0 Å². The molecule has 0 aliphatic rings. The number of carboxylic acid groups (broad SMARTS) is 1. The first-order valence-corrected chi connectivity index (χ1v) is 18.5. The van der Waals surface area contributed by atoms with Crippen molar-refractivity contribution in [2.24, 2.45) is 5.73 Å². The highest BCUT2D eigenvalue weighted by atomic mass is 16.4. The lowest BCUT2D eigenvalue weighted by atomic mass is 9.90. The lowest BCUT2D eigenvalue weighted by Gasteiger charge is -2.28. The third-order valence-corrected chi connectivity index (χ3v) is 11.0. The molecular weight excluding hydrogens is 645 g/mol. The first kappa shape index (κ1) is 33.5. The molecule has 2 amide bonds. The monoisotopic (exact) mass is 686 g/mol. The maximum atomic E-state index is 13.9. The molecule has 0 aromatic heterocycles. The zero-order valence-electron chi connectivity index (χ0n) is 29.2. The predicted octanol–water partition coefficient (Wildman–Crippen LogP) is 9.76. The summed E-state index contributed by atoms with van der Waals surface area (Å²) in [5.41, 5.74) is 7.99. The number of aryl methyl sites for hydroxylation is 2. The minimum absolute atomic E-state index is 0.0867. The summed E-state index contributed by atoms with van der Waals surface area (Å²) in [7, 11) is 0. The Hall–Kier alpha value is -5.59. The van der Waals surface area contributed by atoms with Gasteiger partial charge in [0.2, 0.25) is 11.8 Å². The fourth-order valence-corrected chi connectivity index (χ4v) is 8.46. The molecule has 0 saturated carbocycles. The van der Waals surface area contributed by atoms with Crippen LogP contribution < -0.4 is 5.73 Å². The van der Waals surface area contributed by atoms with E-state index >= 15 is 0 Å². The number of aliphatic carboxylic acids is 1. The van der Waals surface area contributed by atoms with Gasteiger partial charge in [0.25, 0.3) is 0 Å². The molecule has 8 rings (SSSR count). The number of hydrogen-bond acceptors (Lipinski definition) is 4. The molecular formula is C46H42N2O4. The third-order valence-electron chi connectivity index (χ3n) is 11.0. The SMILES string of the molecule is NCCCC[C@@H](C(=O)O)N(C(=O)CCCc1ccc2ccc3cccc4ccc1c2c34)C(=O)CCCc1ccc2ccc3cccc4ccc1c2c34. The highest BCUT2D eigenvalue weighted by molar-refractivity contribution is 6.24. The van der Waals surface area contributed by atoms with Gasteiger partial charge in [0, 0.05) is 12.8 Å².